The highest BCUT2D eigenvalue weighted by Gasteiger charge is 2.14. The number of nitrogens with two attached hydrogens (primary N) is 1. The molecule has 1 heterocycles. The molecule has 0 aliphatic rings. The Morgan fingerprint density at radius 2 is 2.28 bits per heavy atom. The number of carboxylic acids is 1. The number of para-hydroxylation sites is 1. The minimum atomic E-state index is -1.09. The molecular formula is C10H10N4O3S. The van der Waals surface area contributed by atoms with Crippen molar-refractivity contribution in [1.29, 1.82) is 0 Å². The fraction of sp³-hybridized carbons (Fsp3) is 0.100. The Morgan fingerprint density at radius 1 is 1.56 bits per heavy atom. The van der Waals surface area contributed by atoms with Crippen molar-refractivity contribution in [1.82, 2.24) is 14.8 Å². The van der Waals surface area contributed by atoms with E-state index in [-0.39, 0.29) is 16.9 Å². The van der Waals surface area contributed by atoms with Gasteiger partial charge in [-0.25, -0.2) is 14.7 Å². The number of aromatic amines is 1. The van der Waals surface area contributed by atoms with Gasteiger partial charge in [-0.3, -0.25) is 4.57 Å². The number of hydrogen-bond acceptors (Lipinski definition) is 5. The van der Waals surface area contributed by atoms with Crippen LogP contribution in [0.5, 0.6) is 0 Å². The topological polar surface area (TPSA) is 114 Å². The average Bonchev–Trinajstić information content (AvgIpc) is 2.63. The molecule has 18 heavy (non-hydrogen) atoms. The molecule has 0 saturated carbocycles. The molecule has 0 aliphatic carbocycles. The zero-order valence-corrected chi connectivity index (χ0v) is 10.2. The van der Waals surface area contributed by atoms with Gasteiger partial charge >= 0.3 is 11.7 Å². The molecule has 94 valence electrons. The molecule has 0 spiro atoms. The van der Waals surface area contributed by atoms with Gasteiger partial charge in [0.05, 0.1) is 11.3 Å². The first-order valence-electron chi connectivity index (χ1n) is 4.91. The number of nitrogens with zero attached hydrogens (tertiary/aromatic N) is 2. The van der Waals surface area contributed by atoms with E-state index in [1.54, 1.807) is 19.2 Å². The van der Waals surface area contributed by atoms with E-state index in [2.05, 4.69) is 10.2 Å². The van der Waals surface area contributed by atoms with Crippen LogP contribution in [0.25, 0.3) is 0 Å². The predicted molar refractivity (Wildman–Crippen MR) is 65.8 cm³/mol. The van der Waals surface area contributed by atoms with Crippen molar-refractivity contribution in [2.75, 3.05) is 5.73 Å². The smallest absolute Gasteiger partial charge is 0.343 e. The average molecular weight is 266 g/mol. The van der Waals surface area contributed by atoms with Crippen molar-refractivity contribution in [2.24, 2.45) is 7.05 Å². The van der Waals surface area contributed by atoms with Crippen LogP contribution in [0.4, 0.5) is 5.69 Å². The normalized spacial score (nSPS) is 10.5. The molecule has 0 amide bonds. The largest absolute Gasteiger partial charge is 0.478 e. The second-order valence-electron chi connectivity index (χ2n) is 3.49. The number of anilines is 1. The van der Waals surface area contributed by atoms with Crippen molar-refractivity contribution in [3.05, 3.63) is 34.2 Å². The van der Waals surface area contributed by atoms with Crippen LogP contribution in [0.2, 0.25) is 0 Å². The molecule has 0 atom stereocenters. The van der Waals surface area contributed by atoms with Gasteiger partial charge in [0, 0.05) is 11.9 Å². The summed E-state index contributed by atoms with van der Waals surface area (Å²) in [5.74, 6) is -1.09. The molecule has 4 N–H and O–H groups in total. The predicted octanol–water partition coefficient (Wildman–Crippen LogP) is 0.540. The monoisotopic (exact) mass is 266 g/mol. The van der Waals surface area contributed by atoms with Crippen LogP contribution in [0.15, 0.2) is 33.0 Å². The Labute approximate surface area is 106 Å². The van der Waals surface area contributed by atoms with Crippen molar-refractivity contribution in [3.63, 3.8) is 0 Å². The van der Waals surface area contributed by atoms with E-state index in [0.29, 0.717) is 10.1 Å². The van der Waals surface area contributed by atoms with Gasteiger partial charge in [0.1, 0.15) is 0 Å². The summed E-state index contributed by atoms with van der Waals surface area (Å²) in [5.41, 5.74) is 5.61. The first-order valence-corrected chi connectivity index (χ1v) is 5.73. The summed E-state index contributed by atoms with van der Waals surface area (Å²) < 4.78 is 1.32. The van der Waals surface area contributed by atoms with Gasteiger partial charge in [0.25, 0.3) is 0 Å². The second-order valence-corrected chi connectivity index (χ2v) is 4.50. The number of carbonyl (C=O) groups is 1. The lowest BCUT2D eigenvalue weighted by Gasteiger charge is -2.06. The Morgan fingerprint density at radius 3 is 2.83 bits per heavy atom. The number of rotatable bonds is 3. The van der Waals surface area contributed by atoms with Crippen LogP contribution in [-0.4, -0.2) is 25.8 Å². The zero-order valence-electron chi connectivity index (χ0n) is 9.38. The number of H-pyrrole nitrogens is 1. The summed E-state index contributed by atoms with van der Waals surface area (Å²) in [4.78, 5) is 22.7. The van der Waals surface area contributed by atoms with E-state index in [4.69, 9.17) is 10.8 Å². The number of nitrogens with one attached hydrogen (secondary N) is 1. The standard InChI is InChI=1S/C10H10N4O3S/c1-14-9(17)12-13-10(14)18-6-4-2-3-5(7(6)11)8(15)16/h2-4H,11H2,1H3,(H,12,17)(H,15,16). The van der Waals surface area contributed by atoms with Crippen LogP contribution in [0, 0.1) is 0 Å². The fourth-order valence-corrected chi connectivity index (χ4v) is 2.22. The van der Waals surface area contributed by atoms with Gasteiger partial charge in [0.2, 0.25) is 0 Å². The lowest BCUT2D eigenvalue weighted by molar-refractivity contribution is 0.0698. The van der Waals surface area contributed by atoms with E-state index in [0.717, 1.165) is 11.8 Å². The molecule has 0 saturated heterocycles. The number of hydrogen-bond donors (Lipinski definition) is 3. The van der Waals surface area contributed by atoms with Gasteiger partial charge in [0.15, 0.2) is 5.16 Å². The minimum Gasteiger partial charge on any atom is -0.478 e. The third-order valence-electron chi connectivity index (χ3n) is 2.34. The maximum Gasteiger partial charge on any atom is 0.343 e. The fourth-order valence-electron chi connectivity index (χ4n) is 1.34. The van der Waals surface area contributed by atoms with Gasteiger partial charge in [-0.05, 0) is 23.9 Å². The highest BCUT2D eigenvalue weighted by atomic mass is 32.2. The number of aromatic nitrogens is 3. The van der Waals surface area contributed by atoms with Crippen LogP contribution in [0.1, 0.15) is 10.4 Å². The second kappa shape index (κ2) is 4.57. The minimum absolute atomic E-state index is 0.0283. The molecule has 7 nitrogen and oxygen atoms in total. The van der Waals surface area contributed by atoms with E-state index in [1.807, 2.05) is 0 Å². The van der Waals surface area contributed by atoms with Gasteiger partial charge in [-0.2, -0.15) is 0 Å². The van der Waals surface area contributed by atoms with Crippen molar-refractivity contribution in [2.45, 2.75) is 10.1 Å². The number of nitrogen functional groups attached to an aromatic ring is 1. The summed E-state index contributed by atoms with van der Waals surface area (Å²) in [6, 6.07) is 4.68. The van der Waals surface area contributed by atoms with Crippen LogP contribution < -0.4 is 11.4 Å². The zero-order chi connectivity index (χ0) is 13.3. The van der Waals surface area contributed by atoms with E-state index < -0.39 is 5.97 Å². The lowest BCUT2D eigenvalue weighted by Crippen LogP contribution is -2.12. The molecule has 2 aromatic rings. The maximum absolute atomic E-state index is 11.2. The maximum atomic E-state index is 11.2. The summed E-state index contributed by atoms with van der Waals surface area (Å²) in [7, 11) is 1.56. The Kier molecular flexibility index (Phi) is 3.11. The Balaban J connectivity index is 2.41. The molecule has 8 heteroatoms. The molecule has 0 unspecified atom stereocenters. The van der Waals surface area contributed by atoms with Crippen molar-refractivity contribution >= 4 is 23.4 Å². The molecule has 0 bridgehead atoms. The summed E-state index contributed by atoms with van der Waals surface area (Å²) in [6.07, 6.45) is 0. The highest BCUT2D eigenvalue weighted by Crippen LogP contribution is 2.31. The Bertz CT molecular complexity index is 661. The Hall–Kier alpha value is -2.22. The molecule has 0 aliphatic heterocycles. The van der Waals surface area contributed by atoms with Crippen molar-refractivity contribution in [3.8, 4) is 0 Å². The summed E-state index contributed by atoms with van der Waals surface area (Å²) in [5, 5.41) is 15.5. The first kappa shape index (κ1) is 12.2. The first-order chi connectivity index (χ1) is 8.50. The van der Waals surface area contributed by atoms with Crippen LogP contribution in [-0.2, 0) is 7.05 Å². The third kappa shape index (κ3) is 2.09. The number of benzene rings is 1. The van der Waals surface area contributed by atoms with E-state index >= 15 is 0 Å². The van der Waals surface area contributed by atoms with E-state index in [9.17, 15) is 9.59 Å². The van der Waals surface area contributed by atoms with Gasteiger partial charge in [-0.1, -0.05) is 6.07 Å². The van der Waals surface area contributed by atoms with Crippen molar-refractivity contribution < 1.29 is 9.90 Å². The van der Waals surface area contributed by atoms with Crippen LogP contribution in [0.3, 0.4) is 0 Å². The number of carboxylic acid groups (broad SMARTS) is 1. The third-order valence-corrected chi connectivity index (χ3v) is 3.46. The molecule has 0 radical (unpaired) electrons. The van der Waals surface area contributed by atoms with Gasteiger partial charge in [-0.15, -0.1) is 5.10 Å². The molecular weight excluding hydrogens is 256 g/mol. The molecule has 1 aromatic heterocycles. The van der Waals surface area contributed by atoms with Gasteiger partial charge < -0.3 is 10.8 Å². The number of aromatic carboxylic acids is 1. The summed E-state index contributed by atoms with van der Waals surface area (Å²) >= 11 is 1.13. The molecule has 2 rings (SSSR count). The SMILES string of the molecule is Cn1c(Sc2cccc(C(=O)O)c2N)n[nH]c1=O. The van der Waals surface area contributed by atoms with E-state index in [1.165, 1.54) is 10.6 Å². The molecule has 0 fully saturated rings. The van der Waals surface area contributed by atoms with Crippen LogP contribution >= 0.6 is 11.8 Å². The summed E-state index contributed by atoms with van der Waals surface area (Å²) in [6.45, 7) is 0. The highest BCUT2D eigenvalue weighted by molar-refractivity contribution is 7.99. The lowest BCUT2D eigenvalue weighted by atomic mass is 10.2. The molecule has 1 aromatic carbocycles. The quantitative estimate of drug-likeness (QED) is 0.699.